The molecule has 1 heterocycles. The maximum Gasteiger partial charge on any atom is 0.223 e. The van der Waals surface area contributed by atoms with Crippen molar-refractivity contribution < 1.29 is 4.79 Å². The van der Waals surface area contributed by atoms with Crippen molar-refractivity contribution in [3.63, 3.8) is 0 Å². The van der Waals surface area contributed by atoms with Gasteiger partial charge in [-0.25, -0.2) is 0 Å². The zero-order chi connectivity index (χ0) is 16.0. The predicted octanol–water partition coefficient (Wildman–Crippen LogP) is 1.99. The molecule has 126 valence electrons. The van der Waals surface area contributed by atoms with Crippen LogP contribution in [-0.2, 0) is 4.79 Å². The van der Waals surface area contributed by atoms with Crippen molar-refractivity contribution in [1.82, 2.24) is 15.5 Å². The predicted molar refractivity (Wildman–Crippen MR) is 90.9 cm³/mol. The average Bonchev–Trinajstić information content (AvgIpc) is 2.88. The van der Waals surface area contributed by atoms with Crippen LogP contribution in [0.15, 0.2) is 4.99 Å². The lowest BCUT2D eigenvalue weighted by atomic mass is 9.89. The van der Waals surface area contributed by atoms with E-state index < -0.39 is 0 Å². The Balaban J connectivity index is 1.65. The molecular formula is C17H32N4O. The van der Waals surface area contributed by atoms with Crippen molar-refractivity contribution in [2.24, 2.45) is 16.3 Å². The molecule has 0 unspecified atom stereocenters. The summed E-state index contributed by atoms with van der Waals surface area (Å²) in [4.78, 5) is 18.7. The second-order valence-corrected chi connectivity index (χ2v) is 7.44. The van der Waals surface area contributed by atoms with Crippen LogP contribution < -0.4 is 10.6 Å². The van der Waals surface area contributed by atoms with Crippen molar-refractivity contribution in [3.05, 3.63) is 0 Å². The number of aliphatic imine (C=N–C) groups is 1. The second-order valence-electron chi connectivity index (χ2n) is 7.44. The third-order valence-corrected chi connectivity index (χ3v) is 4.87. The SMILES string of the molecule is CN=C(NCCNC(=O)C1CCCCC1)N1CCC(C)(C)C1. The highest BCUT2D eigenvalue weighted by Crippen LogP contribution is 2.28. The van der Waals surface area contributed by atoms with E-state index in [1.165, 1.54) is 25.7 Å². The van der Waals surface area contributed by atoms with E-state index in [2.05, 4.69) is 34.4 Å². The number of likely N-dealkylation sites (tertiary alicyclic amines) is 1. The maximum absolute atomic E-state index is 12.1. The molecule has 0 aromatic rings. The third kappa shape index (κ3) is 4.89. The minimum atomic E-state index is 0.235. The van der Waals surface area contributed by atoms with Crippen molar-refractivity contribution in [3.8, 4) is 0 Å². The van der Waals surface area contributed by atoms with Crippen LogP contribution in [0, 0.1) is 11.3 Å². The molecule has 2 aliphatic rings. The molecule has 0 spiro atoms. The van der Waals surface area contributed by atoms with Gasteiger partial charge in [-0.2, -0.15) is 0 Å². The number of amides is 1. The molecule has 22 heavy (non-hydrogen) atoms. The summed E-state index contributed by atoms with van der Waals surface area (Å²) >= 11 is 0. The lowest BCUT2D eigenvalue weighted by molar-refractivity contribution is -0.125. The van der Waals surface area contributed by atoms with Crippen LogP contribution in [0.4, 0.5) is 0 Å². The van der Waals surface area contributed by atoms with Crippen molar-refractivity contribution in [2.45, 2.75) is 52.4 Å². The zero-order valence-electron chi connectivity index (χ0n) is 14.5. The van der Waals surface area contributed by atoms with Gasteiger partial charge in [-0.05, 0) is 24.7 Å². The van der Waals surface area contributed by atoms with Crippen molar-refractivity contribution in [1.29, 1.82) is 0 Å². The minimum Gasteiger partial charge on any atom is -0.354 e. The number of nitrogens with zero attached hydrogens (tertiary/aromatic N) is 2. The Labute approximate surface area is 134 Å². The number of hydrogen-bond acceptors (Lipinski definition) is 2. The van der Waals surface area contributed by atoms with Crippen LogP contribution in [0.3, 0.4) is 0 Å². The highest BCUT2D eigenvalue weighted by atomic mass is 16.1. The fraction of sp³-hybridized carbons (Fsp3) is 0.882. The van der Waals surface area contributed by atoms with E-state index in [1.807, 2.05) is 7.05 Å². The maximum atomic E-state index is 12.1. The fourth-order valence-electron chi connectivity index (χ4n) is 3.49. The summed E-state index contributed by atoms with van der Waals surface area (Å²) in [6, 6.07) is 0. The van der Waals surface area contributed by atoms with Crippen LogP contribution in [0.2, 0.25) is 0 Å². The second kappa shape index (κ2) is 7.84. The molecule has 2 fully saturated rings. The molecule has 1 saturated carbocycles. The van der Waals surface area contributed by atoms with Crippen LogP contribution >= 0.6 is 0 Å². The van der Waals surface area contributed by atoms with E-state index in [0.717, 1.165) is 38.4 Å². The monoisotopic (exact) mass is 308 g/mol. The first kappa shape index (κ1) is 17.1. The normalized spacial score (nSPS) is 22.7. The Morgan fingerprint density at radius 2 is 1.86 bits per heavy atom. The molecule has 5 nitrogen and oxygen atoms in total. The number of carbonyl (C=O) groups is 1. The van der Waals surface area contributed by atoms with Gasteiger partial charge >= 0.3 is 0 Å². The first-order valence-electron chi connectivity index (χ1n) is 8.75. The first-order chi connectivity index (χ1) is 10.5. The van der Waals surface area contributed by atoms with Crippen LogP contribution in [0.1, 0.15) is 52.4 Å². The summed E-state index contributed by atoms with van der Waals surface area (Å²) in [6.45, 7) is 8.10. The van der Waals surface area contributed by atoms with Crippen LogP contribution in [-0.4, -0.2) is 50.0 Å². The molecular weight excluding hydrogens is 276 g/mol. The number of guanidine groups is 1. The molecule has 1 saturated heterocycles. The molecule has 0 radical (unpaired) electrons. The smallest absolute Gasteiger partial charge is 0.223 e. The highest BCUT2D eigenvalue weighted by molar-refractivity contribution is 5.80. The Morgan fingerprint density at radius 3 is 2.45 bits per heavy atom. The zero-order valence-corrected chi connectivity index (χ0v) is 14.5. The molecule has 0 aromatic heterocycles. The summed E-state index contributed by atoms with van der Waals surface area (Å²) in [6.07, 6.45) is 7.01. The lowest BCUT2D eigenvalue weighted by Gasteiger charge is -2.24. The molecule has 1 aliphatic heterocycles. The van der Waals surface area contributed by atoms with Gasteiger partial charge in [0.05, 0.1) is 0 Å². The highest BCUT2D eigenvalue weighted by Gasteiger charge is 2.30. The van der Waals surface area contributed by atoms with Gasteiger partial charge in [0.15, 0.2) is 5.96 Å². The van der Waals surface area contributed by atoms with Crippen LogP contribution in [0.5, 0.6) is 0 Å². The summed E-state index contributed by atoms with van der Waals surface area (Å²) < 4.78 is 0. The number of nitrogens with one attached hydrogen (secondary N) is 2. The summed E-state index contributed by atoms with van der Waals surface area (Å²) in [7, 11) is 1.83. The standard InChI is InChI=1S/C17H32N4O/c1-17(2)9-12-21(13-17)16(18-3)20-11-10-19-15(22)14-7-5-4-6-8-14/h14H,4-13H2,1-3H3,(H,18,20)(H,19,22). The number of carbonyl (C=O) groups excluding carboxylic acids is 1. The van der Waals surface area contributed by atoms with E-state index >= 15 is 0 Å². The lowest BCUT2D eigenvalue weighted by Crippen LogP contribution is -2.44. The molecule has 1 aliphatic carbocycles. The largest absolute Gasteiger partial charge is 0.354 e. The summed E-state index contributed by atoms with van der Waals surface area (Å²) in [5, 5.41) is 6.43. The van der Waals surface area contributed by atoms with E-state index in [4.69, 9.17) is 0 Å². The Hall–Kier alpha value is -1.26. The minimum absolute atomic E-state index is 0.235. The molecule has 0 bridgehead atoms. The van der Waals surface area contributed by atoms with E-state index in [-0.39, 0.29) is 11.8 Å². The van der Waals surface area contributed by atoms with Gasteiger partial charge < -0.3 is 15.5 Å². The van der Waals surface area contributed by atoms with Gasteiger partial charge in [0.2, 0.25) is 5.91 Å². The molecule has 2 N–H and O–H groups in total. The van der Waals surface area contributed by atoms with E-state index in [0.29, 0.717) is 12.0 Å². The van der Waals surface area contributed by atoms with Gasteiger partial charge in [0, 0.05) is 39.1 Å². The molecule has 0 atom stereocenters. The first-order valence-corrected chi connectivity index (χ1v) is 8.75. The van der Waals surface area contributed by atoms with Crippen molar-refractivity contribution in [2.75, 3.05) is 33.2 Å². The summed E-state index contributed by atoms with van der Waals surface area (Å²) in [5.74, 6) is 1.43. The molecule has 0 aromatic carbocycles. The van der Waals surface area contributed by atoms with Gasteiger partial charge in [0.25, 0.3) is 0 Å². The fourth-order valence-corrected chi connectivity index (χ4v) is 3.49. The van der Waals surface area contributed by atoms with Gasteiger partial charge in [0.1, 0.15) is 0 Å². The molecule has 5 heteroatoms. The molecule has 2 rings (SSSR count). The Bertz CT molecular complexity index is 399. The van der Waals surface area contributed by atoms with Crippen LogP contribution in [0.25, 0.3) is 0 Å². The summed E-state index contributed by atoms with van der Waals surface area (Å²) in [5.41, 5.74) is 0.368. The number of hydrogen-bond donors (Lipinski definition) is 2. The topological polar surface area (TPSA) is 56.7 Å². The average molecular weight is 308 g/mol. The van der Waals surface area contributed by atoms with E-state index in [9.17, 15) is 4.79 Å². The van der Waals surface area contributed by atoms with Gasteiger partial charge in [-0.3, -0.25) is 9.79 Å². The third-order valence-electron chi connectivity index (χ3n) is 4.87. The number of rotatable bonds is 4. The van der Waals surface area contributed by atoms with Gasteiger partial charge in [-0.15, -0.1) is 0 Å². The molecule has 1 amide bonds. The van der Waals surface area contributed by atoms with Crippen molar-refractivity contribution >= 4 is 11.9 Å². The van der Waals surface area contributed by atoms with E-state index in [1.54, 1.807) is 0 Å². The Morgan fingerprint density at radius 1 is 1.18 bits per heavy atom. The van der Waals surface area contributed by atoms with Gasteiger partial charge in [-0.1, -0.05) is 33.1 Å². The quantitative estimate of drug-likeness (QED) is 0.474. The Kier molecular flexibility index (Phi) is 6.09.